The van der Waals surface area contributed by atoms with Gasteiger partial charge in [0.15, 0.2) is 0 Å². The van der Waals surface area contributed by atoms with Crippen molar-refractivity contribution < 1.29 is 8.42 Å². The molecule has 2 rings (SSSR count). The highest BCUT2D eigenvalue weighted by Gasteiger charge is 2.30. The third-order valence-corrected chi connectivity index (χ3v) is 5.68. The van der Waals surface area contributed by atoms with Gasteiger partial charge in [0.05, 0.1) is 0 Å². The minimum atomic E-state index is -3.49. The Morgan fingerprint density at radius 1 is 1.40 bits per heavy atom. The SMILES string of the molecule is CN1CCC(C)(CNS(=O)(=O)c2cncc(Br)c2)CC1. The first-order chi connectivity index (χ1) is 9.31. The molecule has 0 radical (unpaired) electrons. The number of piperidine rings is 1. The van der Waals surface area contributed by atoms with Gasteiger partial charge in [0.25, 0.3) is 0 Å². The molecule has 0 atom stereocenters. The fraction of sp³-hybridized carbons (Fsp3) is 0.615. The zero-order chi connectivity index (χ0) is 14.8. The third-order valence-electron chi connectivity index (χ3n) is 3.87. The lowest BCUT2D eigenvalue weighted by molar-refractivity contribution is 0.143. The van der Waals surface area contributed by atoms with E-state index in [1.165, 1.54) is 6.20 Å². The van der Waals surface area contributed by atoms with E-state index in [0.717, 1.165) is 25.9 Å². The second-order valence-corrected chi connectivity index (χ2v) is 8.46. The van der Waals surface area contributed by atoms with Crippen LogP contribution in [0.4, 0.5) is 0 Å². The lowest BCUT2D eigenvalue weighted by atomic mass is 9.81. The van der Waals surface area contributed by atoms with Gasteiger partial charge >= 0.3 is 0 Å². The normalized spacial score (nSPS) is 19.9. The maximum absolute atomic E-state index is 12.3. The van der Waals surface area contributed by atoms with Gasteiger partial charge in [-0.05, 0) is 60.4 Å². The summed E-state index contributed by atoms with van der Waals surface area (Å²) in [5.74, 6) is 0. The van der Waals surface area contributed by atoms with E-state index in [0.29, 0.717) is 11.0 Å². The molecule has 0 aliphatic carbocycles. The zero-order valence-electron chi connectivity index (χ0n) is 11.8. The van der Waals surface area contributed by atoms with Crippen molar-refractivity contribution in [3.8, 4) is 0 Å². The predicted molar refractivity (Wildman–Crippen MR) is 82.0 cm³/mol. The highest BCUT2D eigenvalue weighted by Crippen LogP contribution is 2.30. The van der Waals surface area contributed by atoms with Crippen molar-refractivity contribution in [2.75, 3.05) is 26.7 Å². The van der Waals surface area contributed by atoms with E-state index in [4.69, 9.17) is 0 Å². The molecule has 1 saturated heterocycles. The Hall–Kier alpha value is -0.500. The molecule has 1 aromatic rings. The number of nitrogens with zero attached hydrogens (tertiary/aromatic N) is 2. The molecule has 1 aromatic heterocycles. The number of hydrogen-bond acceptors (Lipinski definition) is 4. The van der Waals surface area contributed by atoms with Crippen molar-refractivity contribution in [2.45, 2.75) is 24.7 Å². The maximum Gasteiger partial charge on any atom is 0.242 e. The average Bonchev–Trinajstić information content (AvgIpc) is 2.41. The smallest absolute Gasteiger partial charge is 0.242 e. The quantitative estimate of drug-likeness (QED) is 0.888. The summed E-state index contributed by atoms with van der Waals surface area (Å²) in [4.78, 5) is 6.37. The minimum absolute atomic E-state index is 0.0268. The molecule has 0 saturated carbocycles. The first-order valence-electron chi connectivity index (χ1n) is 6.60. The number of hydrogen-bond donors (Lipinski definition) is 1. The Kier molecular flexibility index (Phi) is 4.84. The summed E-state index contributed by atoms with van der Waals surface area (Å²) >= 11 is 3.24. The molecular formula is C13H20BrN3O2S. The van der Waals surface area contributed by atoms with Gasteiger partial charge in [-0.3, -0.25) is 4.98 Å². The second kappa shape index (κ2) is 6.09. The molecule has 2 heterocycles. The third kappa shape index (κ3) is 4.00. The largest absolute Gasteiger partial charge is 0.306 e. The molecule has 0 unspecified atom stereocenters. The van der Waals surface area contributed by atoms with Gasteiger partial charge in [0.2, 0.25) is 10.0 Å². The van der Waals surface area contributed by atoms with Crippen LogP contribution in [0.2, 0.25) is 0 Å². The number of halogens is 1. The van der Waals surface area contributed by atoms with Crippen LogP contribution in [0.1, 0.15) is 19.8 Å². The van der Waals surface area contributed by atoms with E-state index in [2.05, 4.69) is 44.5 Å². The van der Waals surface area contributed by atoms with Gasteiger partial charge in [-0.15, -0.1) is 0 Å². The van der Waals surface area contributed by atoms with Gasteiger partial charge in [-0.1, -0.05) is 6.92 Å². The summed E-state index contributed by atoms with van der Waals surface area (Å²) in [5.41, 5.74) is 0.0268. The van der Waals surface area contributed by atoms with Crippen LogP contribution in [0, 0.1) is 5.41 Å². The summed E-state index contributed by atoms with van der Waals surface area (Å²) in [5, 5.41) is 0. The Morgan fingerprint density at radius 2 is 2.05 bits per heavy atom. The lowest BCUT2D eigenvalue weighted by Gasteiger charge is -2.37. The van der Waals surface area contributed by atoms with Crippen LogP contribution in [-0.4, -0.2) is 45.0 Å². The molecule has 0 amide bonds. The van der Waals surface area contributed by atoms with Crippen LogP contribution >= 0.6 is 15.9 Å². The molecule has 1 N–H and O–H groups in total. The predicted octanol–water partition coefficient (Wildman–Crippen LogP) is 1.85. The van der Waals surface area contributed by atoms with Crippen LogP contribution in [-0.2, 0) is 10.0 Å². The van der Waals surface area contributed by atoms with Crippen LogP contribution < -0.4 is 4.72 Å². The molecule has 0 spiro atoms. The number of rotatable bonds is 4. The van der Waals surface area contributed by atoms with Crippen molar-refractivity contribution in [1.29, 1.82) is 0 Å². The van der Waals surface area contributed by atoms with Crippen molar-refractivity contribution in [3.63, 3.8) is 0 Å². The summed E-state index contributed by atoms with van der Waals surface area (Å²) in [6.45, 7) is 4.63. The van der Waals surface area contributed by atoms with E-state index in [1.807, 2.05) is 0 Å². The molecule has 0 aromatic carbocycles. The zero-order valence-corrected chi connectivity index (χ0v) is 14.2. The van der Waals surface area contributed by atoms with E-state index >= 15 is 0 Å². The summed E-state index contributed by atoms with van der Waals surface area (Å²) in [7, 11) is -1.40. The number of likely N-dealkylation sites (tertiary alicyclic amines) is 1. The van der Waals surface area contributed by atoms with E-state index in [-0.39, 0.29) is 10.3 Å². The fourth-order valence-corrected chi connectivity index (χ4v) is 3.93. The molecule has 1 aliphatic heterocycles. The van der Waals surface area contributed by atoms with Crippen LogP contribution in [0.15, 0.2) is 27.8 Å². The molecule has 20 heavy (non-hydrogen) atoms. The van der Waals surface area contributed by atoms with Gasteiger partial charge in [-0.2, -0.15) is 0 Å². The maximum atomic E-state index is 12.3. The highest BCUT2D eigenvalue weighted by molar-refractivity contribution is 9.10. The van der Waals surface area contributed by atoms with Gasteiger partial charge in [0, 0.05) is 23.4 Å². The molecular weight excluding hydrogens is 342 g/mol. The van der Waals surface area contributed by atoms with Gasteiger partial charge in [0.1, 0.15) is 4.90 Å². The highest BCUT2D eigenvalue weighted by atomic mass is 79.9. The fourth-order valence-electron chi connectivity index (χ4n) is 2.23. The molecule has 1 aliphatic rings. The van der Waals surface area contributed by atoms with Crippen molar-refractivity contribution >= 4 is 26.0 Å². The molecule has 112 valence electrons. The van der Waals surface area contributed by atoms with Gasteiger partial charge in [-0.25, -0.2) is 13.1 Å². The van der Waals surface area contributed by atoms with Crippen LogP contribution in [0.5, 0.6) is 0 Å². The number of sulfonamides is 1. The van der Waals surface area contributed by atoms with E-state index in [9.17, 15) is 8.42 Å². The van der Waals surface area contributed by atoms with Crippen molar-refractivity contribution in [1.82, 2.24) is 14.6 Å². The molecule has 5 nitrogen and oxygen atoms in total. The van der Waals surface area contributed by atoms with E-state index in [1.54, 1.807) is 12.3 Å². The Labute approximate surface area is 129 Å². The monoisotopic (exact) mass is 361 g/mol. The number of aromatic nitrogens is 1. The Balaban J connectivity index is 2.03. The molecule has 0 bridgehead atoms. The first kappa shape index (κ1) is 15.9. The van der Waals surface area contributed by atoms with Crippen molar-refractivity contribution in [2.24, 2.45) is 5.41 Å². The van der Waals surface area contributed by atoms with Crippen LogP contribution in [0.3, 0.4) is 0 Å². The summed E-state index contributed by atoms with van der Waals surface area (Å²) < 4.78 is 27.9. The Bertz CT molecular complexity index is 569. The molecule has 1 fully saturated rings. The number of nitrogens with one attached hydrogen (secondary N) is 1. The summed E-state index contributed by atoms with van der Waals surface area (Å²) in [6.07, 6.45) is 4.94. The van der Waals surface area contributed by atoms with Crippen LogP contribution in [0.25, 0.3) is 0 Å². The lowest BCUT2D eigenvalue weighted by Crippen LogP contribution is -2.43. The average molecular weight is 362 g/mol. The second-order valence-electron chi connectivity index (χ2n) is 5.78. The molecule has 7 heteroatoms. The van der Waals surface area contributed by atoms with Gasteiger partial charge < -0.3 is 4.90 Å². The topological polar surface area (TPSA) is 62.3 Å². The summed E-state index contributed by atoms with van der Waals surface area (Å²) in [6, 6.07) is 1.56. The van der Waals surface area contributed by atoms with Crippen molar-refractivity contribution in [3.05, 3.63) is 22.9 Å². The Morgan fingerprint density at radius 3 is 2.65 bits per heavy atom. The first-order valence-corrected chi connectivity index (χ1v) is 8.87. The number of pyridine rings is 1. The minimum Gasteiger partial charge on any atom is -0.306 e. The standard InChI is InChI=1S/C13H20BrN3O2S/c1-13(3-5-17(2)6-4-13)10-16-20(18,19)12-7-11(14)8-15-9-12/h7-9,16H,3-6,10H2,1-2H3. The van der Waals surface area contributed by atoms with E-state index < -0.39 is 10.0 Å².